The standard InChI is InChI=1S/C15H23N3O2/c1-12(15(19)20)16-14-5-3-4-13(10-14)11-18-8-6-17(2)7-9-18/h3-5,10,12,16H,6-9,11H2,1-2H3,(H,19,20). The van der Waals surface area contributed by atoms with E-state index in [4.69, 9.17) is 5.11 Å². The molecule has 5 heteroatoms. The smallest absolute Gasteiger partial charge is 0.325 e. The monoisotopic (exact) mass is 277 g/mol. The molecular weight excluding hydrogens is 254 g/mol. The van der Waals surface area contributed by atoms with Crippen LogP contribution in [0, 0.1) is 0 Å². The molecule has 0 aromatic heterocycles. The van der Waals surface area contributed by atoms with Crippen LogP contribution in [0.3, 0.4) is 0 Å². The lowest BCUT2D eigenvalue weighted by Gasteiger charge is -2.32. The number of hydrogen-bond donors (Lipinski definition) is 2. The molecule has 0 amide bonds. The fraction of sp³-hybridized carbons (Fsp3) is 0.533. The molecule has 1 fully saturated rings. The van der Waals surface area contributed by atoms with Gasteiger partial charge in [-0.15, -0.1) is 0 Å². The number of aliphatic carboxylic acids is 1. The number of benzene rings is 1. The normalized spacial score (nSPS) is 18.7. The minimum Gasteiger partial charge on any atom is -0.480 e. The molecule has 1 heterocycles. The Morgan fingerprint density at radius 2 is 2.05 bits per heavy atom. The lowest BCUT2D eigenvalue weighted by Crippen LogP contribution is -2.43. The Kier molecular flexibility index (Phi) is 4.98. The van der Waals surface area contributed by atoms with Gasteiger partial charge < -0.3 is 15.3 Å². The molecule has 0 radical (unpaired) electrons. The summed E-state index contributed by atoms with van der Waals surface area (Å²) in [4.78, 5) is 15.6. The lowest BCUT2D eigenvalue weighted by molar-refractivity contribution is -0.137. The molecule has 20 heavy (non-hydrogen) atoms. The zero-order valence-corrected chi connectivity index (χ0v) is 12.2. The first kappa shape index (κ1) is 14.8. The third-order valence-corrected chi connectivity index (χ3v) is 3.68. The minimum absolute atomic E-state index is 0.575. The van der Waals surface area contributed by atoms with Crippen LogP contribution in [-0.2, 0) is 11.3 Å². The molecule has 0 saturated carbocycles. The first-order valence-corrected chi connectivity index (χ1v) is 7.04. The van der Waals surface area contributed by atoms with Crippen LogP contribution in [0.25, 0.3) is 0 Å². The Hall–Kier alpha value is -1.59. The number of carboxylic acid groups (broad SMARTS) is 1. The van der Waals surface area contributed by atoms with Gasteiger partial charge in [-0.05, 0) is 31.7 Å². The fourth-order valence-electron chi connectivity index (χ4n) is 2.34. The highest BCUT2D eigenvalue weighted by Crippen LogP contribution is 2.14. The second kappa shape index (κ2) is 6.72. The summed E-state index contributed by atoms with van der Waals surface area (Å²) in [5.74, 6) is -0.838. The van der Waals surface area contributed by atoms with Gasteiger partial charge in [0.15, 0.2) is 0 Å². The highest BCUT2D eigenvalue weighted by Gasteiger charge is 2.14. The van der Waals surface area contributed by atoms with Crippen LogP contribution in [0.5, 0.6) is 0 Å². The second-order valence-electron chi connectivity index (χ2n) is 5.48. The van der Waals surface area contributed by atoms with E-state index < -0.39 is 12.0 Å². The molecule has 1 saturated heterocycles. The predicted octanol–water partition coefficient (Wildman–Crippen LogP) is 1.32. The van der Waals surface area contributed by atoms with E-state index in [-0.39, 0.29) is 0 Å². The Morgan fingerprint density at radius 1 is 1.35 bits per heavy atom. The van der Waals surface area contributed by atoms with E-state index in [0.717, 1.165) is 38.4 Å². The first-order valence-electron chi connectivity index (χ1n) is 7.04. The SMILES string of the molecule is CC(Nc1cccc(CN2CCN(C)CC2)c1)C(=O)O. The fourth-order valence-corrected chi connectivity index (χ4v) is 2.34. The van der Waals surface area contributed by atoms with E-state index in [9.17, 15) is 4.79 Å². The quantitative estimate of drug-likeness (QED) is 0.850. The van der Waals surface area contributed by atoms with Gasteiger partial charge in [0.1, 0.15) is 6.04 Å². The van der Waals surface area contributed by atoms with Crippen LogP contribution in [0.1, 0.15) is 12.5 Å². The molecule has 1 aliphatic heterocycles. The third kappa shape index (κ3) is 4.21. The third-order valence-electron chi connectivity index (χ3n) is 3.68. The van der Waals surface area contributed by atoms with Crippen molar-refractivity contribution in [3.63, 3.8) is 0 Å². The van der Waals surface area contributed by atoms with Gasteiger partial charge in [-0.3, -0.25) is 9.69 Å². The Bertz CT molecular complexity index is 456. The number of carbonyl (C=O) groups is 1. The number of likely N-dealkylation sites (N-methyl/N-ethyl adjacent to an activating group) is 1. The number of nitrogens with one attached hydrogen (secondary N) is 1. The van der Waals surface area contributed by atoms with Crippen molar-refractivity contribution in [3.05, 3.63) is 29.8 Å². The largest absolute Gasteiger partial charge is 0.480 e. The number of anilines is 1. The summed E-state index contributed by atoms with van der Waals surface area (Å²) in [5.41, 5.74) is 2.09. The van der Waals surface area contributed by atoms with Crippen LogP contribution in [-0.4, -0.2) is 60.1 Å². The summed E-state index contributed by atoms with van der Waals surface area (Å²) in [6.45, 7) is 6.95. The summed E-state index contributed by atoms with van der Waals surface area (Å²) in [6, 6.07) is 7.44. The van der Waals surface area contributed by atoms with Crippen molar-refractivity contribution in [2.24, 2.45) is 0 Å². The highest BCUT2D eigenvalue weighted by molar-refractivity contribution is 5.76. The zero-order chi connectivity index (χ0) is 14.5. The summed E-state index contributed by atoms with van der Waals surface area (Å²) >= 11 is 0. The Labute approximate surface area is 120 Å². The summed E-state index contributed by atoms with van der Waals surface area (Å²) in [7, 11) is 2.15. The number of nitrogens with zero attached hydrogens (tertiary/aromatic N) is 2. The number of rotatable bonds is 5. The predicted molar refractivity (Wildman–Crippen MR) is 79.9 cm³/mol. The van der Waals surface area contributed by atoms with E-state index in [1.165, 1.54) is 5.56 Å². The van der Waals surface area contributed by atoms with Crippen molar-refractivity contribution < 1.29 is 9.90 Å². The highest BCUT2D eigenvalue weighted by atomic mass is 16.4. The molecule has 0 aliphatic carbocycles. The second-order valence-corrected chi connectivity index (χ2v) is 5.48. The van der Waals surface area contributed by atoms with Gasteiger partial charge >= 0.3 is 5.97 Å². The van der Waals surface area contributed by atoms with Crippen LogP contribution in [0.4, 0.5) is 5.69 Å². The van der Waals surface area contributed by atoms with E-state index in [0.29, 0.717) is 0 Å². The zero-order valence-electron chi connectivity index (χ0n) is 12.2. The van der Waals surface area contributed by atoms with Crippen molar-refractivity contribution in [1.29, 1.82) is 0 Å². The average molecular weight is 277 g/mol. The molecule has 0 spiro atoms. The van der Waals surface area contributed by atoms with E-state index in [1.54, 1.807) is 6.92 Å². The summed E-state index contributed by atoms with van der Waals surface area (Å²) in [5, 5.41) is 11.9. The maximum absolute atomic E-state index is 10.9. The first-order chi connectivity index (χ1) is 9.54. The minimum atomic E-state index is -0.838. The molecule has 1 aliphatic rings. The molecule has 0 bridgehead atoms. The van der Waals surface area contributed by atoms with Gasteiger partial charge in [-0.2, -0.15) is 0 Å². The molecule has 1 aromatic rings. The maximum atomic E-state index is 10.9. The molecule has 110 valence electrons. The van der Waals surface area contributed by atoms with E-state index in [1.807, 2.05) is 18.2 Å². The maximum Gasteiger partial charge on any atom is 0.325 e. The van der Waals surface area contributed by atoms with Crippen molar-refractivity contribution in [2.75, 3.05) is 38.5 Å². The van der Waals surface area contributed by atoms with Crippen molar-refractivity contribution in [3.8, 4) is 0 Å². The average Bonchev–Trinajstić information content (AvgIpc) is 2.42. The van der Waals surface area contributed by atoms with Crippen molar-refractivity contribution in [1.82, 2.24) is 9.80 Å². The van der Waals surface area contributed by atoms with Gasteiger partial charge in [0.25, 0.3) is 0 Å². The number of hydrogen-bond acceptors (Lipinski definition) is 4. The molecule has 2 N–H and O–H groups in total. The lowest BCUT2D eigenvalue weighted by atomic mass is 10.1. The van der Waals surface area contributed by atoms with Gasteiger partial charge in [0.2, 0.25) is 0 Å². The topological polar surface area (TPSA) is 55.8 Å². The van der Waals surface area contributed by atoms with Crippen LogP contribution < -0.4 is 5.32 Å². The molecule has 5 nitrogen and oxygen atoms in total. The van der Waals surface area contributed by atoms with Crippen LogP contribution in [0.2, 0.25) is 0 Å². The van der Waals surface area contributed by atoms with Gasteiger partial charge in [0, 0.05) is 38.4 Å². The van der Waals surface area contributed by atoms with Gasteiger partial charge in [-0.25, -0.2) is 0 Å². The van der Waals surface area contributed by atoms with Gasteiger partial charge in [-0.1, -0.05) is 12.1 Å². The number of piperazine rings is 1. The van der Waals surface area contributed by atoms with Gasteiger partial charge in [0.05, 0.1) is 0 Å². The number of carboxylic acids is 1. The van der Waals surface area contributed by atoms with Crippen LogP contribution >= 0.6 is 0 Å². The van der Waals surface area contributed by atoms with Crippen molar-refractivity contribution >= 4 is 11.7 Å². The Balaban J connectivity index is 1.94. The molecule has 2 rings (SSSR count). The Morgan fingerprint density at radius 3 is 2.70 bits per heavy atom. The van der Waals surface area contributed by atoms with Crippen molar-refractivity contribution in [2.45, 2.75) is 19.5 Å². The molecule has 1 aromatic carbocycles. The van der Waals surface area contributed by atoms with E-state index >= 15 is 0 Å². The molecule has 1 unspecified atom stereocenters. The van der Waals surface area contributed by atoms with Crippen LogP contribution in [0.15, 0.2) is 24.3 Å². The summed E-state index contributed by atoms with van der Waals surface area (Å²) < 4.78 is 0. The van der Waals surface area contributed by atoms with E-state index in [2.05, 4.69) is 28.2 Å². The molecule has 1 atom stereocenters. The molecular formula is C15H23N3O2. The summed E-state index contributed by atoms with van der Waals surface area (Å²) in [6.07, 6.45) is 0.